The monoisotopic (exact) mass is 274 g/mol. The first-order chi connectivity index (χ1) is 6.72. The molecular formula is C11H15BrOS. The number of benzene rings is 1. The fraction of sp³-hybridized carbons (Fsp3) is 0.455. The van der Waals surface area contributed by atoms with Crippen LogP contribution in [-0.4, -0.2) is 12.9 Å². The van der Waals surface area contributed by atoms with E-state index in [1.54, 1.807) is 11.8 Å². The molecule has 0 N–H and O–H groups in total. The number of halogens is 1. The van der Waals surface area contributed by atoms with Gasteiger partial charge in [0, 0.05) is 4.90 Å². The van der Waals surface area contributed by atoms with Gasteiger partial charge in [-0.3, -0.25) is 0 Å². The van der Waals surface area contributed by atoms with Crippen molar-refractivity contribution in [1.29, 1.82) is 0 Å². The van der Waals surface area contributed by atoms with Gasteiger partial charge in [-0.1, -0.05) is 6.92 Å². The van der Waals surface area contributed by atoms with Gasteiger partial charge in [0.1, 0.15) is 5.75 Å². The molecule has 0 spiro atoms. The smallest absolute Gasteiger partial charge is 0.136 e. The van der Waals surface area contributed by atoms with Crippen LogP contribution in [0.2, 0.25) is 0 Å². The van der Waals surface area contributed by atoms with Gasteiger partial charge in [0.15, 0.2) is 0 Å². The van der Waals surface area contributed by atoms with E-state index in [0.29, 0.717) is 6.61 Å². The first-order valence-corrected chi connectivity index (χ1v) is 6.73. The van der Waals surface area contributed by atoms with Crippen molar-refractivity contribution in [3.05, 3.63) is 22.2 Å². The van der Waals surface area contributed by atoms with Crippen LogP contribution in [0.3, 0.4) is 0 Å². The van der Waals surface area contributed by atoms with Gasteiger partial charge in [-0.25, -0.2) is 0 Å². The predicted molar refractivity (Wildman–Crippen MR) is 66.5 cm³/mol. The first-order valence-electron chi connectivity index (χ1n) is 4.72. The van der Waals surface area contributed by atoms with Gasteiger partial charge < -0.3 is 4.74 Å². The molecule has 14 heavy (non-hydrogen) atoms. The summed E-state index contributed by atoms with van der Waals surface area (Å²) in [5.41, 5.74) is 1.27. The van der Waals surface area contributed by atoms with Crippen LogP contribution in [-0.2, 0) is 6.42 Å². The molecule has 0 radical (unpaired) electrons. The number of aryl methyl sites for hydroxylation is 1. The first kappa shape index (κ1) is 11.9. The highest BCUT2D eigenvalue weighted by Gasteiger charge is 2.08. The Labute approximate surface area is 98.4 Å². The Kier molecular flexibility index (Phi) is 4.82. The summed E-state index contributed by atoms with van der Waals surface area (Å²) < 4.78 is 6.66. The quantitative estimate of drug-likeness (QED) is 0.764. The molecule has 0 unspecified atom stereocenters. The molecule has 0 aliphatic carbocycles. The number of hydrogen-bond donors (Lipinski definition) is 0. The van der Waals surface area contributed by atoms with E-state index < -0.39 is 0 Å². The van der Waals surface area contributed by atoms with Crippen LogP contribution in [0.4, 0.5) is 0 Å². The third-order valence-electron chi connectivity index (χ3n) is 2.00. The summed E-state index contributed by atoms with van der Waals surface area (Å²) in [4.78, 5) is 1.28. The van der Waals surface area contributed by atoms with Gasteiger partial charge in [-0.05, 0) is 53.2 Å². The van der Waals surface area contributed by atoms with E-state index in [4.69, 9.17) is 4.74 Å². The Balaban J connectivity index is 3.13. The van der Waals surface area contributed by atoms with Gasteiger partial charge in [0.2, 0.25) is 0 Å². The summed E-state index contributed by atoms with van der Waals surface area (Å²) in [5, 5.41) is 0. The molecule has 0 saturated carbocycles. The fourth-order valence-corrected chi connectivity index (χ4v) is 2.57. The topological polar surface area (TPSA) is 9.23 Å². The largest absolute Gasteiger partial charge is 0.492 e. The SMILES string of the molecule is CCOc1c(Br)cc(SC)cc1CC. The number of thioether (sulfide) groups is 1. The van der Waals surface area contributed by atoms with Gasteiger partial charge in [0.25, 0.3) is 0 Å². The molecule has 3 heteroatoms. The summed E-state index contributed by atoms with van der Waals surface area (Å²) >= 11 is 5.30. The zero-order valence-corrected chi connectivity index (χ0v) is 11.2. The summed E-state index contributed by atoms with van der Waals surface area (Å²) in [6.45, 7) is 4.87. The Morgan fingerprint density at radius 1 is 1.36 bits per heavy atom. The van der Waals surface area contributed by atoms with E-state index in [-0.39, 0.29) is 0 Å². The van der Waals surface area contributed by atoms with Crippen molar-refractivity contribution < 1.29 is 4.74 Å². The predicted octanol–water partition coefficient (Wildman–Crippen LogP) is 4.13. The van der Waals surface area contributed by atoms with Crippen molar-refractivity contribution in [2.45, 2.75) is 25.2 Å². The summed E-state index contributed by atoms with van der Waals surface area (Å²) in [6, 6.07) is 4.30. The molecule has 0 saturated heterocycles. The molecule has 0 heterocycles. The molecular weight excluding hydrogens is 260 g/mol. The maximum Gasteiger partial charge on any atom is 0.136 e. The van der Waals surface area contributed by atoms with Crippen molar-refractivity contribution in [3.8, 4) is 5.75 Å². The third kappa shape index (κ3) is 2.67. The molecule has 78 valence electrons. The second-order valence-electron chi connectivity index (χ2n) is 2.88. The second kappa shape index (κ2) is 5.66. The van der Waals surface area contributed by atoms with Crippen molar-refractivity contribution in [3.63, 3.8) is 0 Å². The van der Waals surface area contributed by atoms with Crippen molar-refractivity contribution in [2.24, 2.45) is 0 Å². The average molecular weight is 275 g/mol. The van der Waals surface area contributed by atoms with E-state index in [1.807, 2.05) is 6.92 Å². The standard InChI is InChI=1S/C11H15BrOS/c1-4-8-6-9(14-3)7-10(12)11(8)13-5-2/h6-7H,4-5H2,1-3H3. The minimum atomic E-state index is 0.713. The third-order valence-corrected chi connectivity index (χ3v) is 3.30. The minimum Gasteiger partial charge on any atom is -0.492 e. The van der Waals surface area contributed by atoms with Crippen LogP contribution >= 0.6 is 27.7 Å². The van der Waals surface area contributed by atoms with Gasteiger partial charge in [-0.2, -0.15) is 0 Å². The van der Waals surface area contributed by atoms with Crippen LogP contribution in [0.1, 0.15) is 19.4 Å². The highest BCUT2D eigenvalue weighted by molar-refractivity contribution is 9.10. The summed E-state index contributed by atoms with van der Waals surface area (Å²) in [6.07, 6.45) is 3.09. The van der Waals surface area contributed by atoms with Crippen LogP contribution in [0, 0.1) is 0 Å². The lowest BCUT2D eigenvalue weighted by Gasteiger charge is -2.12. The Bertz CT molecular complexity index is 312. The fourth-order valence-electron chi connectivity index (χ4n) is 1.31. The molecule has 0 amide bonds. The number of rotatable bonds is 4. The Morgan fingerprint density at radius 3 is 2.57 bits per heavy atom. The number of ether oxygens (including phenoxy) is 1. The lowest BCUT2D eigenvalue weighted by molar-refractivity contribution is 0.334. The maximum atomic E-state index is 5.60. The average Bonchev–Trinajstić information content (AvgIpc) is 2.20. The van der Waals surface area contributed by atoms with Gasteiger partial charge >= 0.3 is 0 Å². The second-order valence-corrected chi connectivity index (χ2v) is 4.62. The lowest BCUT2D eigenvalue weighted by Crippen LogP contribution is -1.97. The molecule has 0 aromatic heterocycles. The summed E-state index contributed by atoms with van der Waals surface area (Å²) in [5.74, 6) is 0.993. The number of hydrogen-bond acceptors (Lipinski definition) is 2. The molecule has 1 aromatic carbocycles. The van der Waals surface area contributed by atoms with E-state index >= 15 is 0 Å². The van der Waals surface area contributed by atoms with E-state index in [9.17, 15) is 0 Å². The van der Waals surface area contributed by atoms with E-state index in [2.05, 4.69) is 41.2 Å². The normalized spacial score (nSPS) is 10.3. The van der Waals surface area contributed by atoms with Crippen molar-refractivity contribution >= 4 is 27.7 Å². The van der Waals surface area contributed by atoms with E-state index in [0.717, 1.165) is 16.6 Å². The van der Waals surface area contributed by atoms with Crippen LogP contribution in [0.25, 0.3) is 0 Å². The zero-order valence-electron chi connectivity index (χ0n) is 8.76. The Morgan fingerprint density at radius 2 is 2.07 bits per heavy atom. The van der Waals surface area contributed by atoms with Crippen LogP contribution in [0.15, 0.2) is 21.5 Å². The highest BCUT2D eigenvalue weighted by Crippen LogP contribution is 2.34. The minimum absolute atomic E-state index is 0.713. The maximum absolute atomic E-state index is 5.60. The van der Waals surface area contributed by atoms with Gasteiger partial charge in [0.05, 0.1) is 11.1 Å². The molecule has 0 fully saturated rings. The molecule has 0 bridgehead atoms. The Hall–Kier alpha value is -0.150. The lowest BCUT2D eigenvalue weighted by atomic mass is 10.1. The van der Waals surface area contributed by atoms with Crippen LogP contribution in [0.5, 0.6) is 5.75 Å². The molecule has 1 aromatic rings. The molecule has 0 aliphatic rings. The zero-order chi connectivity index (χ0) is 10.6. The molecule has 0 atom stereocenters. The van der Waals surface area contributed by atoms with Crippen molar-refractivity contribution in [2.75, 3.05) is 12.9 Å². The molecule has 0 aliphatic heterocycles. The van der Waals surface area contributed by atoms with Crippen molar-refractivity contribution in [1.82, 2.24) is 0 Å². The van der Waals surface area contributed by atoms with Gasteiger partial charge in [-0.15, -0.1) is 11.8 Å². The summed E-state index contributed by atoms with van der Waals surface area (Å²) in [7, 11) is 0. The molecule has 1 nitrogen and oxygen atoms in total. The molecule has 1 rings (SSSR count). The highest BCUT2D eigenvalue weighted by atomic mass is 79.9. The van der Waals surface area contributed by atoms with E-state index in [1.165, 1.54) is 10.5 Å². The van der Waals surface area contributed by atoms with Crippen LogP contribution < -0.4 is 4.74 Å².